The maximum absolute atomic E-state index is 9.39. The lowest BCUT2D eigenvalue weighted by molar-refractivity contribution is 0.404. The summed E-state index contributed by atoms with van der Waals surface area (Å²) < 4.78 is 0. The van der Waals surface area contributed by atoms with Gasteiger partial charge >= 0.3 is 0 Å². The van der Waals surface area contributed by atoms with Gasteiger partial charge in [-0.05, 0) is 26.0 Å². The van der Waals surface area contributed by atoms with Crippen LogP contribution < -0.4 is 5.73 Å². The molecule has 0 unspecified atom stereocenters. The number of aromatic hydroxyl groups is 2. The Hall–Kier alpha value is -1.22. The van der Waals surface area contributed by atoms with E-state index in [0.29, 0.717) is 5.56 Å². The molecule has 0 radical (unpaired) electrons. The number of benzene rings is 1. The number of phenols is 2. The molecule has 0 spiro atoms. The molecule has 0 bridgehead atoms. The molecule has 0 heterocycles. The number of hydrogen-bond acceptors (Lipinski definition) is 3. The summed E-state index contributed by atoms with van der Waals surface area (Å²) in [6.07, 6.45) is 0. The van der Waals surface area contributed by atoms with E-state index in [1.807, 2.05) is 0 Å². The van der Waals surface area contributed by atoms with Crippen molar-refractivity contribution in [3.8, 4) is 11.5 Å². The largest absolute Gasteiger partial charge is 0.507 e. The average Bonchev–Trinajstić information content (AvgIpc) is 1.82. The van der Waals surface area contributed by atoms with Crippen LogP contribution in [-0.2, 0) is 5.54 Å². The van der Waals surface area contributed by atoms with Crippen molar-refractivity contribution in [2.24, 2.45) is 5.73 Å². The Morgan fingerprint density at radius 1 is 1.17 bits per heavy atom. The van der Waals surface area contributed by atoms with Crippen molar-refractivity contribution < 1.29 is 10.2 Å². The molecule has 0 aliphatic heterocycles. The normalized spacial score (nSPS) is 11.6. The minimum Gasteiger partial charge on any atom is -0.507 e. The first-order chi connectivity index (χ1) is 5.43. The molecule has 1 aromatic rings. The average molecular weight is 167 g/mol. The third-order valence-electron chi connectivity index (χ3n) is 1.66. The third kappa shape index (κ3) is 1.51. The van der Waals surface area contributed by atoms with Crippen molar-refractivity contribution in [1.82, 2.24) is 0 Å². The van der Waals surface area contributed by atoms with Crippen LogP contribution in [0.4, 0.5) is 0 Å². The van der Waals surface area contributed by atoms with Gasteiger partial charge in [0.25, 0.3) is 0 Å². The fraction of sp³-hybridized carbons (Fsp3) is 0.333. The molecule has 1 rings (SSSR count). The summed E-state index contributed by atoms with van der Waals surface area (Å²) in [5.41, 5.74) is 5.39. The van der Waals surface area contributed by atoms with E-state index in [0.717, 1.165) is 0 Å². The maximum Gasteiger partial charge on any atom is 0.124 e. The van der Waals surface area contributed by atoms with Crippen LogP contribution in [0.1, 0.15) is 19.4 Å². The van der Waals surface area contributed by atoms with Crippen LogP contribution in [0.2, 0.25) is 0 Å². The summed E-state index contributed by atoms with van der Waals surface area (Å²) in [6.45, 7) is 3.45. The molecule has 3 nitrogen and oxygen atoms in total. The SMILES string of the molecule is CC(C)(N)c1c(O)cccc1O. The Kier molecular flexibility index (Phi) is 1.98. The molecule has 66 valence electrons. The van der Waals surface area contributed by atoms with Gasteiger partial charge in [-0.15, -0.1) is 0 Å². The fourth-order valence-electron chi connectivity index (χ4n) is 1.19. The highest BCUT2D eigenvalue weighted by molar-refractivity contribution is 5.46. The van der Waals surface area contributed by atoms with Gasteiger partial charge in [0.2, 0.25) is 0 Å². The monoisotopic (exact) mass is 167 g/mol. The van der Waals surface area contributed by atoms with Gasteiger partial charge in [-0.2, -0.15) is 0 Å². The molecule has 0 saturated heterocycles. The first-order valence-corrected chi connectivity index (χ1v) is 3.73. The Balaban J connectivity index is 3.31. The molecule has 0 atom stereocenters. The van der Waals surface area contributed by atoms with Gasteiger partial charge in [0.05, 0.1) is 5.56 Å². The van der Waals surface area contributed by atoms with Gasteiger partial charge in [-0.3, -0.25) is 0 Å². The van der Waals surface area contributed by atoms with Crippen LogP contribution >= 0.6 is 0 Å². The lowest BCUT2D eigenvalue weighted by Gasteiger charge is -2.21. The predicted octanol–water partition coefficient (Wildman–Crippen LogP) is 1.29. The Bertz CT molecular complexity index is 269. The smallest absolute Gasteiger partial charge is 0.124 e. The van der Waals surface area contributed by atoms with E-state index in [1.165, 1.54) is 12.1 Å². The maximum atomic E-state index is 9.39. The minimum absolute atomic E-state index is 0.0301. The Labute approximate surface area is 71.5 Å². The number of hydrogen-bond donors (Lipinski definition) is 3. The van der Waals surface area contributed by atoms with Gasteiger partial charge in [-0.25, -0.2) is 0 Å². The van der Waals surface area contributed by atoms with Crippen molar-refractivity contribution in [2.45, 2.75) is 19.4 Å². The van der Waals surface area contributed by atoms with E-state index in [2.05, 4.69) is 0 Å². The number of rotatable bonds is 1. The molecule has 3 heteroatoms. The van der Waals surface area contributed by atoms with Gasteiger partial charge in [0.1, 0.15) is 11.5 Å². The highest BCUT2D eigenvalue weighted by Gasteiger charge is 2.21. The zero-order valence-electron chi connectivity index (χ0n) is 7.20. The van der Waals surface area contributed by atoms with Crippen molar-refractivity contribution in [1.29, 1.82) is 0 Å². The summed E-state index contributed by atoms with van der Waals surface area (Å²) in [5.74, 6) is 0.0602. The molecular formula is C9H13NO2. The molecule has 0 fully saturated rings. The first-order valence-electron chi connectivity index (χ1n) is 3.73. The van der Waals surface area contributed by atoms with Crippen LogP contribution in [0.15, 0.2) is 18.2 Å². The summed E-state index contributed by atoms with van der Waals surface area (Å²) in [5, 5.41) is 18.8. The number of phenolic OH excluding ortho intramolecular Hbond substituents is 2. The second-order valence-electron chi connectivity index (χ2n) is 3.39. The van der Waals surface area contributed by atoms with Gasteiger partial charge in [0.15, 0.2) is 0 Å². The predicted molar refractivity (Wildman–Crippen MR) is 47.0 cm³/mol. The van der Waals surface area contributed by atoms with Crippen molar-refractivity contribution in [2.75, 3.05) is 0 Å². The second kappa shape index (κ2) is 2.68. The molecule has 4 N–H and O–H groups in total. The molecule has 0 saturated carbocycles. The summed E-state index contributed by atoms with van der Waals surface area (Å²) in [7, 11) is 0. The quantitative estimate of drug-likeness (QED) is 0.590. The minimum atomic E-state index is -0.727. The van der Waals surface area contributed by atoms with E-state index in [9.17, 15) is 10.2 Å². The van der Waals surface area contributed by atoms with Crippen molar-refractivity contribution in [3.05, 3.63) is 23.8 Å². The molecule has 0 amide bonds. The van der Waals surface area contributed by atoms with Crippen LogP contribution in [-0.4, -0.2) is 10.2 Å². The number of nitrogens with two attached hydrogens (primary N) is 1. The standard InChI is InChI=1S/C9H13NO2/c1-9(2,10)8-6(11)4-3-5-7(8)12/h3-5,11-12H,10H2,1-2H3. The Morgan fingerprint density at radius 3 is 1.83 bits per heavy atom. The van der Waals surface area contributed by atoms with Crippen molar-refractivity contribution in [3.63, 3.8) is 0 Å². The van der Waals surface area contributed by atoms with E-state index in [4.69, 9.17) is 5.73 Å². The van der Waals surface area contributed by atoms with E-state index >= 15 is 0 Å². The van der Waals surface area contributed by atoms with Crippen molar-refractivity contribution >= 4 is 0 Å². The van der Waals surface area contributed by atoms with E-state index < -0.39 is 5.54 Å². The molecule has 0 aliphatic carbocycles. The van der Waals surface area contributed by atoms with E-state index in [1.54, 1.807) is 19.9 Å². The summed E-state index contributed by atoms with van der Waals surface area (Å²) in [6, 6.07) is 4.58. The molecule has 0 aromatic heterocycles. The van der Waals surface area contributed by atoms with Gasteiger partial charge in [-0.1, -0.05) is 6.07 Å². The zero-order chi connectivity index (χ0) is 9.35. The van der Waals surface area contributed by atoms with Crippen LogP contribution in [0.5, 0.6) is 11.5 Å². The van der Waals surface area contributed by atoms with Crippen LogP contribution in [0.25, 0.3) is 0 Å². The highest BCUT2D eigenvalue weighted by atomic mass is 16.3. The van der Waals surface area contributed by atoms with Gasteiger partial charge < -0.3 is 15.9 Å². The molecular weight excluding hydrogens is 154 g/mol. The third-order valence-corrected chi connectivity index (χ3v) is 1.66. The topological polar surface area (TPSA) is 66.5 Å². The van der Waals surface area contributed by atoms with Crippen LogP contribution in [0.3, 0.4) is 0 Å². The zero-order valence-corrected chi connectivity index (χ0v) is 7.20. The Morgan fingerprint density at radius 2 is 1.58 bits per heavy atom. The lowest BCUT2D eigenvalue weighted by atomic mass is 9.94. The second-order valence-corrected chi connectivity index (χ2v) is 3.39. The van der Waals surface area contributed by atoms with E-state index in [-0.39, 0.29) is 11.5 Å². The van der Waals surface area contributed by atoms with Gasteiger partial charge in [0, 0.05) is 5.54 Å². The summed E-state index contributed by atoms with van der Waals surface area (Å²) in [4.78, 5) is 0. The lowest BCUT2D eigenvalue weighted by Crippen LogP contribution is -2.28. The summed E-state index contributed by atoms with van der Waals surface area (Å²) >= 11 is 0. The van der Waals surface area contributed by atoms with Crippen LogP contribution in [0, 0.1) is 0 Å². The molecule has 1 aromatic carbocycles. The first kappa shape index (κ1) is 8.87. The fourth-order valence-corrected chi connectivity index (χ4v) is 1.19. The molecule has 0 aliphatic rings. The molecule has 12 heavy (non-hydrogen) atoms. The highest BCUT2D eigenvalue weighted by Crippen LogP contribution is 2.34.